The Bertz CT molecular complexity index is 943. The number of hydrogen-bond acceptors (Lipinski definition) is 7. The maximum atomic E-state index is 13.6. The summed E-state index contributed by atoms with van der Waals surface area (Å²) in [4.78, 5) is 39.0. The van der Waals surface area contributed by atoms with Gasteiger partial charge in [-0.1, -0.05) is 26.0 Å². The average molecular weight is 427 g/mol. The SMILES string of the molecule is CCCOC(=O)C1=C(C)NC2=C(C(=O)[C@H](C(=O)OC)[C@H](C)C2)[C@H]1c1ccc(OC)cc1. The van der Waals surface area contributed by atoms with Gasteiger partial charge in [0, 0.05) is 22.9 Å². The average Bonchev–Trinajstić information content (AvgIpc) is 2.76. The lowest BCUT2D eigenvalue weighted by molar-refractivity contribution is -0.151. The molecule has 7 heteroatoms. The van der Waals surface area contributed by atoms with Crippen molar-refractivity contribution in [3.05, 3.63) is 52.4 Å². The minimum atomic E-state index is -0.905. The van der Waals surface area contributed by atoms with Crippen LogP contribution in [0.15, 0.2) is 46.8 Å². The van der Waals surface area contributed by atoms with Crippen molar-refractivity contribution in [1.82, 2.24) is 5.32 Å². The fourth-order valence-corrected chi connectivity index (χ4v) is 4.35. The fraction of sp³-hybridized carbons (Fsp3) is 0.458. The van der Waals surface area contributed by atoms with E-state index in [-0.39, 0.29) is 18.3 Å². The van der Waals surface area contributed by atoms with Crippen LogP contribution in [0.1, 0.15) is 45.1 Å². The van der Waals surface area contributed by atoms with E-state index in [0.29, 0.717) is 35.4 Å². The van der Waals surface area contributed by atoms with Crippen LogP contribution in [-0.4, -0.2) is 38.5 Å². The Kier molecular flexibility index (Phi) is 6.83. The number of hydrogen-bond donors (Lipinski definition) is 1. The Morgan fingerprint density at radius 3 is 2.42 bits per heavy atom. The highest BCUT2D eigenvalue weighted by molar-refractivity contribution is 6.12. The van der Waals surface area contributed by atoms with E-state index >= 15 is 0 Å². The molecule has 0 saturated heterocycles. The molecule has 0 fully saturated rings. The minimum Gasteiger partial charge on any atom is -0.497 e. The Labute approximate surface area is 182 Å². The van der Waals surface area contributed by atoms with Gasteiger partial charge in [-0.05, 0) is 43.4 Å². The quantitative estimate of drug-likeness (QED) is 0.550. The highest BCUT2D eigenvalue weighted by atomic mass is 16.5. The zero-order valence-corrected chi connectivity index (χ0v) is 18.6. The van der Waals surface area contributed by atoms with Crippen LogP contribution in [0.4, 0.5) is 0 Å². The lowest BCUT2D eigenvalue weighted by atomic mass is 9.69. The third kappa shape index (κ3) is 4.22. The second-order valence-electron chi connectivity index (χ2n) is 7.94. The van der Waals surface area contributed by atoms with Crippen molar-refractivity contribution in [3.8, 4) is 5.75 Å². The monoisotopic (exact) mass is 427 g/mol. The molecule has 3 atom stereocenters. The summed E-state index contributed by atoms with van der Waals surface area (Å²) < 4.78 is 15.6. The number of ketones is 1. The van der Waals surface area contributed by atoms with E-state index in [1.165, 1.54) is 7.11 Å². The maximum absolute atomic E-state index is 13.6. The van der Waals surface area contributed by atoms with Crippen molar-refractivity contribution in [2.45, 2.75) is 39.5 Å². The molecule has 7 nitrogen and oxygen atoms in total. The molecule has 1 heterocycles. The second-order valence-corrected chi connectivity index (χ2v) is 7.94. The van der Waals surface area contributed by atoms with Crippen LogP contribution in [0.2, 0.25) is 0 Å². The lowest BCUT2D eigenvalue weighted by Crippen LogP contribution is -2.43. The summed E-state index contributed by atoms with van der Waals surface area (Å²) in [6.07, 6.45) is 1.19. The van der Waals surface area contributed by atoms with Crippen molar-refractivity contribution in [3.63, 3.8) is 0 Å². The molecule has 0 amide bonds. The number of dihydropyridines is 1. The van der Waals surface area contributed by atoms with Crippen molar-refractivity contribution in [2.24, 2.45) is 11.8 Å². The second kappa shape index (κ2) is 9.37. The number of methoxy groups -OCH3 is 2. The van der Waals surface area contributed by atoms with E-state index in [1.54, 1.807) is 19.2 Å². The maximum Gasteiger partial charge on any atom is 0.336 e. The van der Waals surface area contributed by atoms with E-state index < -0.39 is 23.8 Å². The van der Waals surface area contributed by atoms with Gasteiger partial charge in [0.25, 0.3) is 0 Å². The summed E-state index contributed by atoms with van der Waals surface area (Å²) in [6.45, 7) is 5.87. The smallest absolute Gasteiger partial charge is 0.336 e. The zero-order valence-electron chi connectivity index (χ0n) is 18.6. The van der Waals surface area contributed by atoms with Crippen LogP contribution < -0.4 is 10.1 Å². The first-order valence-corrected chi connectivity index (χ1v) is 10.5. The number of ether oxygens (including phenoxy) is 3. The molecule has 0 unspecified atom stereocenters. The predicted molar refractivity (Wildman–Crippen MR) is 114 cm³/mol. The highest BCUT2D eigenvalue weighted by Gasteiger charge is 2.47. The molecule has 0 saturated carbocycles. The van der Waals surface area contributed by atoms with Gasteiger partial charge >= 0.3 is 11.9 Å². The van der Waals surface area contributed by atoms with E-state index in [0.717, 1.165) is 11.3 Å². The number of rotatable bonds is 6. The highest BCUT2D eigenvalue weighted by Crippen LogP contribution is 2.45. The minimum absolute atomic E-state index is 0.218. The molecule has 1 N–H and O–H groups in total. The largest absolute Gasteiger partial charge is 0.497 e. The number of esters is 2. The number of allylic oxidation sites excluding steroid dienone is 3. The first kappa shape index (κ1) is 22.6. The molecule has 1 aromatic rings. The van der Waals surface area contributed by atoms with E-state index in [1.807, 2.05) is 32.9 Å². The number of benzene rings is 1. The molecule has 166 valence electrons. The number of carbonyl (C=O) groups excluding carboxylic acids is 3. The molecule has 31 heavy (non-hydrogen) atoms. The molecule has 0 radical (unpaired) electrons. The van der Waals surface area contributed by atoms with Crippen LogP contribution in [0.25, 0.3) is 0 Å². The lowest BCUT2D eigenvalue weighted by Gasteiger charge is -2.38. The normalized spacial score (nSPS) is 23.1. The molecule has 3 rings (SSSR count). The van der Waals surface area contributed by atoms with Crippen molar-refractivity contribution in [1.29, 1.82) is 0 Å². The zero-order chi connectivity index (χ0) is 22.7. The molecular formula is C24H29NO6. The number of nitrogens with one attached hydrogen (secondary N) is 1. The topological polar surface area (TPSA) is 90.9 Å². The Balaban J connectivity index is 2.14. The summed E-state index contributed by atoms with van der Waals surface area (Å²) in [5, 5.41) is 3.25. The van der Waals surface area contributed by atoms with Gasteiger partial charge in [0.15, 0.2) is 5.78 Å². The van der Waals surface area contributed by atoms with Crippen LogP contribution in [-0.2, 0) is 23.9 Å². The molecular weight excluding hydrogens is 398 g/mol. The first-order chi connectivity index (χ1) is 14.8. The Morgan fingerprint density at radius 2 is 1.84 bits per heavy atom. The molecule has 1 aromatic carbocycles. The van der Waals surface area contributed by atoms with Gasteiger partial charge < -0.3 is 19.5 Å². The summed E-state index contributed by atoms with van der Waals surface area (Å²) in [5.41, 5.74) is 2.95. The van der Waals surface area contributed by atoms with Gasteiger partial charge in [-0.2, -0.15) is 0 Å². The molecule has 0 bridgehead atoms. The molecule has 1 aliphatic carbocycles. The van der Waals surface area contributed by atoms with Gasteiger partial charge in [-0.25, -0.2) is 4.79 Å². The summed E-state index contributed by atoms with van der Waals surface area (Å²) >= 11 is 0. The van der Waals surface area contributed by atoms with Crippen LogP contribution in [0, 0.1) is 11.8 Å². The van der Waals surface area contributed by atoms with Crippen molar-refractivity contribution >= 4 is 17.7 Å². The van der Waals surface area contributed by atoms with E-state index in [9.17, 15) is 14.4 Å². The van der Waals surface area contributed by atoms with Gasteiger partial charge in [0.2, 0.25) is 0 Å². The Hall–Kier alpha value is -3.09. The summed E-state index contributed by atoms with van der Waals surface area (Å²) in [7, 11) is 2.86. The third-order valence-corrected chi connectivity index (χ3v) is 5.85. The van der Waals surface area contributed by atoms with Gasteiger partial charge in [0.05, 0.1) is 26.4 Å². The van der Waals surface area contributed by atoms with E-state index in [4.69, 9.17) is 14.2 Å². The number of carbonyl (C=O) groups is 3. The first-order valence-electron chi connectivity index (χ1n) is 10.5. The van der Waals surface area contributed by atoms with Gasteiger partial charge in [0.1, 0.15) is 11.7 Å². The van der Waals surface area contributed by atoms with Crippen molar-refractivity contribution in [2.75, 3.05) is 20.8 Å². The molecule has 2 aliphatic rings. The third-order valence-electron chi connectivity index (χ3n) is 5.85. The summed E-state index contributed by atoms with van der Waals surface area (Å²) in [5.74, 6) is -2.44. The van der Waals surface area contributed by atoms with Gasteiger partial charge in [-0.3, -0.25) is 9.59 Å². The van der Waals surface area contributed by atoms with Gasteiger partial charge in [-0.15, -0.1) is 0 Å². The predicted octanol–water partition coefficient (Wildman–Crippen LogP) is 3.26. The van der Waals surface area contributed by atoms with Crippen LogP contribution >= 0.6 is 0 Å². The molecule has 0 spiro atoms. The Morgan fingerprint density at radius 1 is 1.16 bits per heavy atom. The van der Waals surface area contributed by atoms with E-state index in [2.05, 4.69) is 5.32 Å². The van der Waals surface area contributed by atoms with Crippen molar-refractivity contribution < 1.29 is 28.6 Å². The summed E-state index contributed by atoms with van der Waals surface area (Å²) in [6, 6.07) is 7.24. The van der Waals surface area contributed by atoms with Crippen LogP contribution in [0.3, 0.4) is 0 Å². The molecule has 0 aromatic heterocycles. The molecule has 1 aliphatic heterocycles. The van der Waals surface area contributed by atoms with Crippen LogP contribution in [0.5, 0.6) is 5.75 Å². The fourth-order valence-electron chi connectivity index (χ4n) is 4.35. The standard InChI is InChI=1S/C24H29NO6/c1-6-11-31-24(28)19-14(3)25-17-12-13(2)18(23(27)30-5)22(26)21(17)20(19)15-7-9-16(29-4)10-8-15/h7-10,13,18,20,25H,6,11-12H2,1-5H3/t13-,18-,20+/m1/s1. The number of Topliss-reactive ketones (excluding diaryl/α,β-unsaturated/α-hetero) is 1.